The summed E-state index contributed by atoms with van der Waals surface area (Å²) in [4.78, 5) is 2.34. The van der Waals surface area contributed by atoms with E-state index in [1.807, 2.05) is 0 Å². The highest BCUT2D eigenvalue weighted by Gasteiger charge is 2.27. The van der Waals surface area contributed by atoms with Crippen molar-refractivity contribution in [2.45, 2.75) is 26.3 Å². The number of sulfonamides is 1. The van der Waals surface area contributed by atoms with Gasteiger partial charge < -0.3 is 5.73 Å². The summed E-state index contributed by atoms with van der Waals surface area (Å²) >= 11 is 0. The molecule has 1 saturated heterocycles. The summed E-state index contributed by atoms with van der Waals surface area (Å²) in [6.45, 7) is 7.41. The molecule has 0 amide bonds. The van der Waals surface area contributed by atoms with E-state index in [0.717, 1.165) is 19.5 Å². The van der Waals surface area contributed by atoms with E-state index < -0.39 is 10.0 Å². The molecule has 2 N–H and O–H groups in total. The quantitative estimate of drug-likeness (QED) is 0.726. The van der Waals surface area contributed by atoms with Gasteiger partial charge >= 0.3 is 0 Å². The van der Waals surface area contributed by atoms with Gasteiger partial charge in [-0.25, -0.2) is 8.42 Å². The lowest BCUT2D eigenvalue weighted by atomic mass is 10.2. The van der Waals surface area contributed by atoms with Crippen LogP contribution in [0.5, 0.6) is 0 Å². The number of hydrogen-bond donors (Lipinski definition) is 1. The Balaban J connectivity index is 2.49. The molecule has 1 rings (SSSR count). The van der Waals surface area contributed by atoms with Crippen molar-refractivity contribution in [3.05, 3.63) is 0 Å². The molecule has 16 heavy (non-hydrogen) atoms. The summed E-state index contributed by atoms with van der Waals surface area (Å²) < 4.78 is 25.1. The second-order valence-electron chi connectivity index (χ2n) is 4.30. The minimum Gasteiger partial charge on any atom is -0.329 e. The van der Waals surface area contributed by atoms with Gasteiger partial charge in [-0.1, -0.05) is 6.92 Å². The van der Waals surface area contributed by atoms with Gasteiger partial charge in [0.25, 0.3) is 0 Å². The van der Waals surface area contributed by atoms with E-state index in [1.165, 1.54) is 0 Å². The lowest BCUT2D eigenvalue weighted by Crippen LogP contribution is -2.51. The van der Waals surface area contributed by atoms with Crippen molar-refractivity contribution in [1.82, 2.24) is 9.21 Å². The molecule has 1 aliphatic rings. The molecule has 0 spiro atoms. The van der Waals surface area contributed by atoms with Crippen LogP contribution < -0.4 is 5.73 Å². The minimum atomic E-state index is -3.11. The Bertz CT molecular complexity index is 297. The molecule has 0 aromatic rings. The van der Waals surface area contributed by atoms with Crippen molar-refractivity contribution in [3.63, 3.8) is 0 Å². The van der Waals surface area contributed by atoms with Crippen LogP contribution in [0, 0.1) is 0 Å². The molecule has 1 heterocycles. The van der Waals surface area contributed by atoms with E-state index in [1.54, 1.807) is 4.31 Å². The summed E-state index contributed by atoms with van der Waals surface area (Å²) in [6, 6.07) is 0.541. The third-order valence-electron chi connectivity index (χ3n) is 3.26. The van der Waals surface area contributed by atoms with Gasteiger partial charge in [0.15, 0.2) is 0 Å². The summed E-state index contributed by atoms with van der Waals surface area (Å²) in [7, 11) is -3.11. The van der Waals surface area contributed by atoms with Crippen molar-refractivity contribution in [3.8, 4) is 0 Å². The summed E-state index contributed by atoms with van der Waals surface area (Å²) in [5, 5.41) is 0. The number of nitrogens with zero attached hydrogens (tertiary/aromatic N) is 2. The fourth-order valence-electron chi connectivity index (χ4n) is 1.96. The zero-order valence-electron chi connectivity index (χ0n) is 10.2. The van der Waals surface area contributed by atoms with Crippen molar-refractivity contribution in [2.24, 2.45) is 5.73 Å². The van der Waals surface area contributed by atoms with Gasteiger partial charge in [-0.05, 0) is 13.3 Å². The molecule has 6 heteroatoms. The van der Waals surface area contributed by atoms with E-state index in [0.29, 0.717) is 19.1 Å². The minimum absolute atomic E-state index is 0.0658. The maximum Gasteiger partial charge on any atom is 0.215 e. The fraction of sp³-hybridized carbons (Fsp3) is 1.00. The van der Waals surface area contributed by atoms with Gasteiger partial charge in [0.2, 0.25) is 10.0 Å². The second kappa shape index (κ2) is 5.95. The van der Waals surface area contributed by atoms with E-state index in [2.05, 4.69) is 18.7 Å². The SMILES string of the molecule is CCC(C)N1CCN(S(=O)(=O)CCN)CC1. The molecule has 0 radical (unpaired) electrons. The molecular weight excluding hydrogens is 226 g/mol. The van der Waals surface area contributed by atoms with Gasteiger partial charge in [-0.15, -0.1) is 0 Å². The van der Waals surface area contributed by atoms with Gasteiger partial charge in [0.05, 0.1) is 5.75 Å². The van der Waals surface area contributed by atoms with E-state index >= 15 is 0 Å². The van der Waals surface area contributed by atoms with E-state index in [9.17, 15) is 8.42 Å². The highest BCUT2D eigenvalue weighted by molar-refractivity contribution is 7.89. The maximum atomic E-state index is 11.8. The fourth-order valence-corrected chi connectivity index (χ4v) is 3.23. The average molecular weight is 249 g/mol. The normalized spacial score (nSPS) is 22.2. The number of nitrogens with two attached hydrogens (primary N) is 1. The second-order valence-corrected chi connectivity index (χ2v) is 6.39. The molecule has 0 bridgehead atoms. The Morgan fingerprint density at radius 2 is 1.81 bits per heavy atom. The van der Waals surface area contributed by atoms with Crippen molar-refractivity contribution in [1.29, 1.82) is 0 Å². The first-order valence-corrected chi connectivity index (χ1v) is 7.54. The van der Waals surface area contributed by atoms with Crippen LogP contribution in [0.15, 0.2) is 0 Å². The number of piperazine rings is 1. The van der Waals surface area contributed by atoms with E-state index in [4.69, 9.17) is 5.73 Å². The topological polar surface area (TPSA) is 66.6 Å². The standard InChI is InChI=1S/C10H23N3O2S/c1-3-10(2)12-5-7-13(8-6-12)16(14,15)9-4-11/h10H,3-9,11H2,1-2H3. The Kier molecular flexibility index (Phi) is 5.17. The lowest BCUT2D eigenvalue weighted by Gasteiger charge is -2.37. The third kappa shape index (κ3) is 3.41. The van der Waals surface area contributed by atoms with Gasteiger partial charge in [-0.2, -0.15) is 4.31 Å². The van der Waals surface area contributed by atoms with Crippen LogP contribution in [-0.4, -0.2) is 62.1 Å². The Morgan fingerprint density at radius 3 is 2.25 bits per heavy atom. The van der Waals surface area contributed by atoms with Gasteiger partial charge in [0.1, 0.15) is 0 Å². The predicted molar refractivity (Wildman–Crippen MR) is 65.7 cm³/mol. The molecule has 0 saturated carbocycles. The van der Waals surface area contributed by atoms with Gasteiger partial charge in [0, 0.05) is 38.8 Å². The van der Waals surface area contributed by atoms with Crippen LogP contribution in [0.1, 0.15) is 20.3 Å². The molecule has 1 unspecified atom stereocenters. The molecule has 0 aromatic carbocycles. The number of hydrogen-bond acceptors (Lipinski definition) is 4. The van der Waals surface area contributed by atoms with E-state index in [-0.39, 0.29) is 12.3 Å². The highest BCUT2D eigenvalue weighted by atomic mass is 32.2. The monoisotopic (exact) mass is 249 g/mol. The molecule has 0 aromatic heterocycles. The Hall–Kier alpha value is -0.170. The van der Waals surface area contributed by atoms with Gasteiger partial charge in [-0.3, -0.25) is 4.90 Å². The summed E-state index contributed by atoms with van der Waals surface area (Å²) in [5.74, 6) is 0.0658. The molecule has 0 aliphatic carbocycles. The van der Waals surface area contributed by atoms with Crippen LogP contribution in [0.2, 0.25) is 0 Å². The predicted octanol–water partition coefficient (Wildman–Crippen LogP) is -0.309. The first-order chi connectivity index (χ1) is 7.51. The lowest BCUT2D eigenvalue weighted by molar-refractivity contribution is 0.143. The highest BCUT2D eigenvalue weighted by Crippen LogP contribution is 2.11. The molecule has 1 aliphatic heterocycles. The molecule has 1 fully saturated rings. The first kappa shape index (κ1) is 13.9. The Labute approximate surface area is 98.6 Å². The van der Waals surface area contributed by atoms with Crippen LogP contribution in [0.25, 0.3) is 0 Å². The summed E-state index contributed by atoms with van der Waals surface area (Å²) in [6.07, 6.45) is 1.11. The van der Waals surface area contributed by atoms with Crippen LogP contribution >= 0.6 is 0 Å². The van der Waals surface area contributed by atoms with Crippen LogP contribution in [-0.2, 0) is 10.0 Å². The first-order valence-electron chi connectivity index (χ1n) is 5.93. The molecule has 96 valence electrons. The number of rotatable bonds is 5. The van der Waals surface area contributed by atoms with Crippen LogP contribution in [0.3, 0.4) is 0 Å². The summed E-state index contributed by atoms with van der Waals surface area (Å²) in [5.41, 5.74) is 5.30. The average Bonchev–Trinajstić information content (AvgIpc) is 2.28. The molecule has 5 nitrogen and oxygen atoms in total. The molecule has 1 atom stereocenters. The van der Waals surface area contributed by atoms with Crippen molar-refractivity contribution >= 4 is 10.0 Å². The van der Waals surface area contributed by atoms with Crippen molar-refractivity contribution in [2.75, 3.05) is 38.5 Å². The van der Waals surface area contributed by atoms with Crippen LogP contribution in [0.4, 0.5) is 0 Å². The molecular formula is C10H23N3O2S. The Morgan fingerprint density at radius 1 is 1.25 bits per heavy atom. The zero-order valence-corrected chi connectivity index (χ0v) is 11.0. The zero-order chi connectivity index (χ0) is 12.2. The largest absolute Gasteiger partial charge is 0.329 e. The third-order valence-corrected chi connectivity index (χ3v) is 5.16. The van der Waals surface area contributed by atoms with Crippen molar-refractivity contribution < 1.29 is 8.42 Å². The maximum absolute atomic E-state index is 11.8. The smallest absolute Gasteiger partial charge is 0.215 e.